The number of benzene rings is 2. The highest BCUT2D eigenvalue weighted by atomic mass is 35.5. The number of fused-ring (bicyclic) bond motifs is 1. The summed E-state index contributed by atoms with van der Waals surface area (Å²) in [6.45, 7) is 3.01. The van der Waals surface area contributed by atoms with Crippen molar-refractivity contribution in [3.8, 4) is 0 Å². The van der Waals surface area contributed by atoms with Gasteiger partial charge in [0.15, 0.2) is 5.11 Å². The van der Waals surface area contributed by atoms with Gasteiger partial charge < -0.3 is 15.1 Å². The zero-order chi connectivity index (χ0) is 22.8. The van der Waals surface area contributed by atoms with E-state index in [2.05, 4.69) is 15.5 Å². The molecular formula is C22H20Cl2N4O2S2. The number of carbonyl (C=O) groups is 2. The first-order chi connectivity index (χ1) is 15.3. The summed E-state index contributed by atoms with van der Waals surface area (Å²) in [5, 5.41) is 7.22. The number of hydrogen-bond acceptors (Lipinski definition) is 5. The Labute approximate surface area is 205 Å². The van der Waals surface area contributed by atoms with Crippen LogP contribution in [0.15, 0.2) is 42.5 Å². The number of amides is 2. The van der Waals surface area contributed by atoms with Crippen LogP contribution in [0.4, 0.5) is 5.69 Å². The van der Waals surface area contributed by atoms with E-state index in [-0.39, 0.29) is 11.0 Å². The molecule has 2 heterocycles. The largest absolute Gasteiger partial charge is 0.336 e. The van der Waals surface area contributed by atoms with Gasteiger partial charge in [0.05, 0.1) is 15.7 Å². The lowest BCUT2D eigenvalue weighted by molar-refractivity contribution is 0.0664. The maximum Gasteiger partial charge on any atom is 0.269 e. The second-order valence-electron chi connectivity index (χ2n) is 7.44. The van der Waals surface area contributed by atoms with Gasteiger partial charge in [-0.25, -0.2) is 0 Å². The Kier molecular flexibility index (Phi) is 6.97. The van der Waals surface area contributed by atoms with Gasteiger partial charge in [0, 0.05) is 41.8 Å². The van der Waals surface area contributed by atoms with E-state index in [1.54, 1.807) is 18.2 Å². The van der Waals surface area contributed by atoms with Crippen molar-refractivity contribution in [3.63, 3.8) is 0 Å². The van der Waals surface area contributed by atoms with Crippen molar-refractivity contribution < 1.29 is 9.59 Å². The van der Waals surface area contributed by atoms with E-state index in [1.165, 1.54) is 11.3 Å². The molecule has 2 amide bonds. The quantitative estimate of drug-likeness (QED) is 0.503. The molecule has 10 heteroatoms. The number of thiophene rings is 1. The molecule has 0 spiro atoms. The summed E-state index contributed by atoms with van der Waals surface area (Å²) in [4.78, 5) is 30.0. The SMILES string of the molecule is CN1CCN(C(=O)c2ccc(Cl)c(NC(=S)NC(=O)c3sc4ccccc4c3Cl)c2)CC1. The van der Waals surface area contributed by atoms with E-state index < -0.39 is 5.91 Å². The molecule has 0 aliphatic carbocycles. The van der Waals surface area contributed by atoms with Crippen molar-refractivity contribution in [2.24, 2.45) is 0 Å². The monoisotopic (exact) mass is 506 g/mol. The first-order valence-electron chi connectivity index (χ1n) is 9.90. The van der Waals surface area contributed by atoms with E-state index in [9.17, 15) is 9.59 Å². The maximum absolute atomic E-state index is 12.9. The van der Waals surface area contributed by atoms with Gasteiger partial charge in [-0.2, -0.15) is 0 Å². The number of anilines is 1. The highest BCUT2D eigenvalue weighted by molar-refractivity contribution is 7.80. The zero-order valence-corrected chi connectivity index (χ0v) is 20.3. The van der Waals surface area contributed by atoms with E-state index in [0.717, 1.165) is 23.2 Å². The summed E-state index contributed by atoms with van der Waals surface area (Å²) in [7, 11) is 2.04. The number of likely N-dealkylation sites (N-methyl/N-ethyl adjacent to an activating group) is 1. The molecule has 0 radical (unpaired) electrons. The Morgan fingerprint density at radius 1 is 1.06 bits per heavy atom. The lowest BCUT2D eigenvalue weighted by Gasteiger charge is -2.32. The molecular weight excluding hydrogens is 487 g/mol. The predicted octanol–water partition coefficient (Wildman–Crippen LogP) is 4.72. The van der Waals surface area contributed by atoms with Gasteiger partial charge >= 0.3 is 0 Å². The van der Waals surface area contributed by atoms with Crippen molar-refractivity contribution in [2.45, 2.75) is 0 Å². The van der Waals surface area contributed by atoms with Crippen molar-refractivity contribution in [1.82, 2.24) is 15.1 Å². The Hall–Kier alpha value is -2.23. The number of rotatable bonds is 3. The normalized spacial score (nSPS) is 14.4. The summed E-state index contributed by atoms with van der Waals surface area (Å²) in [6, 6.07) is 12.5. The van der Waals surface area contributed by atoms with Gasteiger partial charge in [-0.1, -0.05) is 41.4 Å². The highest BCUT2D eigenvalue weighted by Gasteiger charge is 2.22. The summed E-state index contributed by atoms with van der Waals surface area (Å²) in [5.41, 5.74) is 0.947. The fourth-order valence-corrected chi connectivity index (χ4v) is 5.20. The van der Waals surface area contributed by atoms with E-state index in [4.69, 9.17) is 35.4 Å². The second kappa shape index (κ2) is 9.72. The minimum atomic E-state index is -0.408. The summed E-state index contributed by atoms with van der Waals surface area (Å²) in [6.07, 6.45) is 0. The number of piperazine rings is 1. The molecule has 0 unspecified atom stereocenters. The summed E-state index contributed by atoms with van der Waals surface area (Å²) >= 11 is 19.3. The molecule has 0 atom stereocenters. The van der Waals surface area contributed by atoms with E-state index in [1.807, 2.05) is 36.2 Å². The van der Waals surface area contributed by atoms with Crippen LogP contribution in [-0.2, 0) is 0 Å². The van der Waals surface area contributed by atoms with Gasteiger partial charge in [-0.05, 0) is 43.5 Å². The van der Waals surface area contributed by atoms with Crippen molar-refractivity contribution in [3.05, 3.63) is 63.0 Å². The van der Waals surface area contributed by atoms with Gasteiger partial charge in [-0.15, -0.1) is 11.3 Å². The molecule has 1 fully saturated rings. The van der Waals surface area contributed by atoms with Crippen LogP contribution in [-0.4, -0.2) is 60.0 Å². The maximum atomic E-state index is 12.9. The van der Waals surface area contributed by atoms with Crippen molar-refractivity contribution >= 4 is 79.5 Å². The van der Waals surface area contributed by atoms with Crippen LogP contribution in [0.5, 0.6) is 0 Å². The number of hydrogen-bond donors (Lipinski definition) is 2. The standard InChI is InChI=1S/C22H20Cl2N4O2S2/c1-27-8-10-28(11-9-27)21(30)13-6-7-15(23)16(12-13)25-22(31)26-20(29)19-18(24)14-4-2-3-5-17(14)32-19/h2-7,12H,8-11H2,1H3,(H2,25,26,29,31). The molecule has 1 saturated heterocycles. The predicted molar refractivity (Wildman–Crippen MR) is 135 cm³/mol. The van der Waals surface area contributed by atoms with Crippen LogP contribution in [0.2, 0.25) is 10.0 Å². The molecule has 0 bridgehead atoms. The van der Waals surface area contributed by atoms with Crippen LogP contribution in [0.3, 0.4) is 0 Å². The smallest absolute Gasteiger partial charge is 0.269 e. The minimum Gasteiger partial charge on any atom is -0.336 e. The van der Waals surface area contributed by atoms with Crippen LogP contribution in [0, 0.1) is 0 Å². The Bertz CT molecular complexity index is 1210. The third kappa shape index (κ3) is 4.89. The molecule has 0 saturated carbocycles. The lowest BCUT2D eigenvalue weighted by atomic mass is 10.1. The zero-order valence-electron chi connectivity index (χ0n) is 17.2. The van der Waals surface area contributed by atoms with Crippen molar-refractivity contribution in [1.29, 1.82) is 0 Å². The first kappa shape index (κ1) is 22.9. The van der Waals surface area contributed by atoms with Crippen LogP contribution in [0.25, 0.3) is 10.1 Å². The molecule has 32 heavy (non-hydrogen) atoms. The summed E-state index contributed by atoms with van der Waals surface area (Å²) in [5.74, 6) is -0.473. The molecule has 6 nitrogen and oxygen atoms in total. The average Bonchev–Trinajstić information content (AvgIpc) is 3.12. The van der Waals surface area contributed by atoms with Gasteiger partial charge in [0.25, 0.3) is 11.8 Å². The molecule has 1 aliphatic rings. The Balaban J connectivity index is 1.45. The second-order valence-corrected chi connectivity index (χ2v) is 9.69. The highest BCUT2D eigenvalue weighted by Crippen LogP contribution is 2.35. The lowest BCUT2D eigenvalue weighted by Crippen LogP contribution is -2.47. The summed E-state index contributed by atoms with van der Waals surface area (Å²) < 4.78 is 0.916. The Morgan fingerprint density at radius 3 is 2.50 bits per heavy atom. The van der Waals surface area contributed by atoms with Crippen LogP contribution < -0.4 is 10.6 Å². The van der Waals surface area contributed by atoms with Gasteiger partial charge in [0.1, 0.15) is 4.88 Å². The Morgan fingerprint density at radius 2 is 1.78 bits per heavy atom. The molecule has 166 valence electrons. The van der Waals surface area contributed by atoms with Gasteiger partial charge in [-0.3, -0.25) is 14.9 Å². The van der Waals surface area contributed by atoms with Crippen molar-refractivity contribution in [2.75, 3.05) is 38.5 Å². The molecule has 3 aromatic rings. The third-order valence-corrected chi connectivity index (χ3v) is 7.43. The minimum absolute atomic E-state index is 0.0645. The average molecular weight is 507 g/mol. The number of halogens is 2. The topological polar surface area (TPSA) is 64.7 Å². The van der Waals surface area contributed by atoms with E-state index in [0.29, 0.717) is 39.3 Å². The van der Waals surface area contributed by atoms with Crippen LogP contribution >= 0.6 is 46.8 Å². The van der Waals surface area contributed by atoms with Gasteiger partial charge in [0.2, 0.25) is 0 Å². The number of thiocarbonyl (C=S) groups is 1. The third-order valence-electron chi connectivity index (χ3n) is 5.22. The van der Waals surface area contributed by atoms with Crippen LogP contribution in [0.1, 0.15) is 20.0 Å². The number of carbonyl (C=O) groups excluding carboxylic acids is 2. The number of nitrogens with zero attached hydrogens (tertiary/aromatic N) is 2. The first-order valence-corrected chi connectivity index (χ1v) is 11.9. The van der Waals surface area contributed by atoms with E-state index >= 15 is 0 Å². The molecule has 2 aromatic carbocycles. The fourth-order valence-electron chi connectivity index (χ4n) is 3.42. The fraction of sp³-hybridized carbons (Fsp3) is 0.227. The number of nitrogens with one attached hydrogen (secondary N) is 2. The molecule has 4 rings (SSSR count). The molecule has 1 aliphatic heterocycles. The molecule has 2 N–H and O–H groups in total. The molecule has 1 aromatic heterocycles.